The number of nitrogens with one attached hydrogen (secondary N) is 1. The van der Waals surface area contributed by atoms with Crippen LogP contribution in [-0.4, -0.2) is 27.5 Å². The molecule has 1 aromatic carbocycles. The molecule has 0 aromatic heterocycles. The number of methoxy groups -OCH3 is 1. The van der Waals surface area contributed by atoms with Gasteiger partial charge in [-0.05, 0) is 31.5 Å². The standard InChI is InChI=1S/C11H16N2O4S/c1-7-4-5-9(17-3)10(6-7)18(15,16)13-8(2)11(12)14/h4-6,8,13H,1-3H3,(H2,12,14). The number of ether oxygens (including phenoxy) is 1. The van der Waals surface area contributed by atoms with Crippen LogP contribution in [0.25, 0.3) is 0 Å². The van der Waals surface area contributed by atoms with Gasteiger partial charge in [-0.3, -0.25) is 4.79 Å². The number of primary amides is 1. The number of benzene rings is 1. The second-order valence-electron chi connectivity index (χ2n) is 3.90. The molecule has 0 fully saturated rings. The maximum absolute atomic E-state index is 12.1. The van der Waals surface area contributed by atoms with Gasteiger partial charge in [0.15, 0.2) is 0 Å². The van der Waals surface area contributed by atoms with Crippen LogP contribution < -0.4 is 15.2 Å². The summed E-state index contributed by atoms with van der Waals surface area (Å²) in [6.07, 6.45) is 0. The van der Waals surface area contributed by atoms with Gasteiger partial charge in [-0.1, -0.05) is 6.07 Å². The second kappa shape index (κ2) is 5.36. The molecular weight excluding hydrogens is 256 g/mol. The highest BCUT2D eigenvalue weighted by Crippen LogP contribution is 2.24. The average Bonchev–Trinajstić information content (AvgIpc) is 2.28. The van der Waals surface area contributed by atoms with E-state index in [1.165, 1.54) is 20.1 Å². The van der Waals surface area contributed by atoms with E-state index in [4.69, 9.17) is 10.5 Å². The van der Waals surface area contributed by atoms with Gasteiger partial charge in [-0.25, -0.2) is 8.42 Å². The van der Waals surface area contributed by atoms with Gasteiger partial charge in [0.25, 0.3) is 0 Å². The summed E-state index contributed by atoms with van der Waals surface area (Å²) in [7, 11) is -2.47. The molecule has 0 saturated carbocycles. The molecule has 0 aliphatic rings. The Morgan fingerprint density at radius 1 is 1.44 bits per heavy atom. The van der Waals surface area contributed by atoms with Gasteiger partial charge in [0, 0.05) is 0 Å². The lowest BCUT2D eigenvalue weighted by Crippen LogP contribution is -2.42. The van der Waals surface area contributed by atoms with Crippen molar-refractivity contribution in [2.75, 3.05) is 7.11 Å². The highest BCUT2D eigenvalue weighted by molar-refractivity contribution is 7.89. The van der Waals surface area contributed by atoms with E-state index in [0.717, 1.165) is 5.56 Å². The van der Waals surface area contributed by atoms with Crippen molar-refractivity contribution in [1.82, 2.24) is 4.72 Å². The molecule has 0 aliphatic heterocycles. The van der Waals surface area contributed by atoms with E-state index < -0.39 is 22.0 Å². The van der Waals surface area contributed by atoms with Crippen LogP contribution in [0.5, 0.6) is 5.75 Å². The van der Waals surface area contributed by atoms with Gasteiger partial charge in [-0.2, -0.15) is 4.72 Å². The molecule has 0 bridgehead atoms. The third kappa shape index (κ3) is 3.21. The predicted molar refractivity (Wildman–Crippen MR) is 66.7 cm³/mol. The van der Waals surface area contributed by atoms with Crippen molar-refractivity contribution in [3.05, 3.63) is 23.8 Å². The normalized spacial score (nSPS) is 13.1. The Kier molecular flexibility index (Phi) is 4.31. The average molecular weight is 272 g/mol. The molecule has 3 N–H and O–H groups in total. The Morgan fingerprint density at radius 3 is 2.56 bits per heavy atom. The third-order valence-corrected chi connectivity index (χ3v) is 3.93. The number of rotatable bonds is 5. The molecule has 0 heterocycles. The molecule has 0 aliphatic carbocycles. The van der Waals surface area contributed by atoms with Crippen LogP contribution >= 0.6 is 0 Å². The van der Waals surface area contributed by atoms with Crippen LogP contribution in [0, 0.1) is 6.92 Å². The van der Waals surface area contributed by atoms with E-state index in [2.05, 4.69) is 4.72 Å². The summed E-state index contributed by atoms with van der Waals surface area (Å²) in [6.45, 7) is 3.14. The van der Waals surface area contributed by atoms with E-state index in [1.807, 2.05) is 0 Å². The van der Waals surface area contributed by atoms with Crippen molar-refractivity contribution in [3.63, 3.8) is 0 Å². The molecule has 1 unspecified atom stereocenters. The van der Waals surface area contributed by atoms with E-state index in [9.17, 15) is 13.2 Å². The van der Waals surface area contributed by atoms with Gasteiger partial charge in [0.1, 0.15) is 10.6 Å². The zero-order valence-corrected chi connectivity index (χ0v) is 11.2. The summed E-state index contributed by atoms with van der Waals surface area (Å²) < 4.78 is 31.3. The minimum atomic E-state index is -3.85. The topological polar surface area (TPSA) is 98.5 Å². The van der Waals surface area contributed by atoms with E-state index in [-0.39, 0.29) is 10.6 Å². The lowest BCUT2D eigenvalue weighted by atomic mass is 10.2. The summed E-state index contributed by atoms with van der Waals surface area (Å²) in [4.78, 5) is 10.9. The summed E-state index contributed by atoms with van der Waals surface area (Å²) in [5, 5.41) is 0. The number of carbonyl (C=O) groups excluding carboxylic acids is 1. The number of hydrogen-bond acceptors (Lipinski definition) is 4. The molecule has 100 valence electrons. The van der Waals surface area contributed by atoms with E-state index in [1.54, 1.807) is 19.1 Å². The molecule has 18 heavy (non-hydrogen) atoms. The summed E-state index contributed by atoms with van der Waals surface area (Å²) in [6, 6.07) is 3.77. The van der Waals surface area contributed by atoms with Crippen molar-refractivity contribution < 1.29 is 17.9 Å². The maximum Gasteiger partial charge on any atom is 0.244 e. The van der Waals surface area contributed by atoms with Gasteiger partial charge in [0.2, 0.25) is 15.9 Å². The second-order valence-corrected chi connectivity index (χ2v) is 5.58. The van der Waals surface area contributed by atoms with Gasteiger partial charge in [0.05, 0.1) is 13.2 Å². The SMILES string of the molecule is COc1ccc(C)cc1S(=O)(=O)NC(C)C(N)=O. The zero-order valence-electron chi connectivity index (χ0n) is 10.4. The van der Waals surface area contributed by atoms with Crippen molar-refractivity contribution in [3.8, 4) is 5.75 Å². The highest BCUT2D eigenvalue weighted by Gasteiger charge is 2.23. The smallest absolute Gasteiger partial charge is 0.244 e. The van der Waals surface area contributed by atoms with Crippen LogP contribution in [0.15, 0.2) is 23.1 Å². The third-order valence-electron chi connectivity index (χ3n) is 2.37. The molecule has 7 heteroatoms. The first-order chi connectivity index (χ1) is 8.27. The fourth-order valence-electron chi connectivity index (χ4n) is 1.35. The molecule has 1 aromatic rings. The Hall–Kier alpha value is -1.60. The van der Waals surface area contributed by atoms with Crippen LogP contribution in [0.3, 0.4) is 0 Å². The Labute approximate surface area is 106 Å². The molecule has 1 atom stereocenters. The van der Waals surface area contributed by atoms with E-state index in [0.29, 0.717) is 0 Å². The van der Waals surface area contributed by atoms with E-state index >= 15 is 0 Å². The largest absolute Gasteiger partial charge is 0.495 e. The summed E-state index contributed by atoms with van der Waals surface area (Å²) in [5.41, 5.74) is 5.79. The number of nitrogens with two attached hydrogens (primary N) is 1. The number of amides is 1. The molecule has 0 radical (unpaired) electrons. The van der Waals surface area contributed by atoms with Crippen molar-refractivity contribution in [2.24, 2.45) is 5.73 Å². The number of hydrogen-bond donors (Lipinski definition) is 2. The fraction of sp³-hybridized carbons (Fsp3) is 0.364. The van der Waals surface area contributed by atoms with Crippen LogP contribution in [0.2, 0.25) is 0 Å². The maximum atomic E-state index is 12.1. The quantitative estimate of drug-likeness (QED) is 0.797. The molecule has 1 rings (SSSR count). The van der Waals surface area contributed by atoms with Crippen molar-refractivity contribution >= 4 is 15.9 Å². The Morgan fingerprint density at radius 2 is 2.06 bits per heavy atom. The molecule has 1 amide bonds. The lowest BCUT2D eigenvalue weighted by molar-refractivity contribution is -0.119. The first-order valence-electron chi connectivity index (χ1n) is 5.24. The van der Waals surface area contributed by atoms with Crippen LogP contribution in [-0.2, 0) is 14.8 Å². The molecule has 0 saturated heterocycles. The summed E-state index contributed by atoms with van der Waals surface area (Å²) in [5.74, 6) is -0.532. The Bertz CT molecular complexity index is 554. The van der Waals surface area contributed by atoms with Crippen LogP contribution in [0.1, 0.15) is 12.5 Å². The minimum Gasteiger partial charge on any atom is -0.495 e. The molecular formula is C11H16N2O4S. The van der Waals surface area contributed by atoms with Gasteiger partial charge >= 0.3 is 0 Å². The number of carbonyl (C=O) groups is 1. The first kappa shape index (κ1) is 14.5. The van der Waals surface area contributed by atoms with Gasteiger partial charge in [-0.15, -0.1) is 0 Å². The number of sulfonamides is 1. The fourth-order valence-corrected chi connectivity index (χ4v) is 2.81. The molecule has 0 spiro atoms. The first-order valence-corrected chi connectivity index (χ1v) is 6.72. The molecule has 6 nitrogen and oxygen atoms in total. The van der Waals surface area contributed by atoms with Crippen LogP contribution in [0.4, 0.5) is 0 Å². The van der Waals surface area contributed by atoms with Gasteiger partial charge < -0.3 is 10.5 Å². The zero-order chi connectivity index (χ0) is 13.9. The predicted octanol–water partition coefficient (Wildman–Crippen LogP) is 0.156. The van der Waals surface area contributed by atoms with Crippen molar-refractivity contribution in [1.29, 1.82) is 0 Å². The highest BCUT2D eigenvalue weighted by atomic mass is 32.2. The minimum absolute atomic E-state index is 0.0156. The lowest BCUT2D eigenvalue weighted by Gasteiger charge is -2.14. The monoisotopic (exact) mass is 272 g/mol. The van der Waals surface area contributed by atoms with Crippen molar-refractivity contribution in [2.45, 2.75) is 24.8 Å². The number of aryl methyl sites for hydroxylation is 1. The Balaban J connectivity index is 3.19. The summed E-state index contributed by atoms with van der Waals surface area (Å²) >= 11 is 0.